The fraction of sp³-hybridized carbons (Fsp3) is 0.238. The molecule has 2 aromatic carbocycles. The zero-order valence-corrected chi connectivity index (χ0v) is 14.8. The average molecular weight is 364 g/mol. The molecule has 2 aliphatic rings. The molecule has 0 aliphatic carbocycles. The van der Waals surface area contributed by atoms with E-state index in [4.69, 9.17) is 18.6 Å². The number of rotatable bonds is 1. The Bertz CT molecular complexity index is 1170. The molecule has 2 aliphatic heterocycles. The number of ether oxygens (including phenoxy) is 3. The van der Waals surface area contributed by atoms with E-state index in [-0.39, 0.29) is 19.0 Å². The van der Waals surface area contributed by atoms with Crippen molar-refractivity contribution in [3.63, 3.8) is 0 Å². The third kappa shape index (κ3) is 2.40. The van der Waals surface area contributed by atoms with E-state index >= 15 is 0 Å². The molecule has 0 unspecified atom stereocenters. The van der Waals surface area contributed by atoms with Gasteiger partial charge < -0.3 is 18.6 Å². The Morgan fingerprint density at radius 3 is 2.63 bits per heavy atom. The lowest BCUT2D eigenvalue weighted by Gasteiger charge is -2.28. The van der Waals surface area contributed by atoms with Crippen LogP contribution in [0, 0.1) is 13.8 Å². The van der Waals surface area contributed by atoms with Crippen LogP contribution in [0.25, 0.3) is 11.0 Å². The second kappa shape index (κ2) is 5.61. The SMILES string of the molecule is Cc1cc2oc(=O)cc(C)c2c2c1C(=O)C[C@@H](c1ccc3c(c1)OCO3)O2. The summed E-state index contributed by atoms with van der Waals surface area (Å²) in [6, 6.07) is 8.68. The van der Waals surface area contributed by atoms with Crippen LogP contribution in [0.3, 0.4) is 0 Å². The third-order valence-corrected chi connectivity index (χ3v) is 5.06. The van der Waals surface area contributed by atoms with Crippen molar-refractivity contribution in [3.05, 3.63) is 63.0 Å². The van der Waals surface area contributed by atoms with Gasteiger partial charge in [-0.3, -0.25) is 4.79 Å². The molecule has 0 saturated carbocycles. The standard InChI is InChI=1S/C21H16O6/c1-10-5-17-20(11(2)6-18(23)26-17)21-19(10)13(22)8-15(27-21)12-3-4-14-16(7-12)25-9-24-14/h3-7,15H,8-9H2,1-2H3/t15-/m0/s1. The van der Waals surface area contributed by atoms with E-state index in [9.17, 15) is 9.59 Å². The van der Waals surface area contributed by atoms with Gasteiger partial charge in [0.2, 0.25) is 6.79 Å². The van der Waals surface area contributed by atoms with E-state index in [0.29, 0.717) is 33.8 Å². The highest BCUT2D eigenvalue weighted by Crippen LogP contribution is 2.44. The van der Waals surface area contributed by atoms with Gasteiger partial charge >= 0.3 is 5.63 Å². The van der Waals surface area contributed by atoms with Gasteiger partial charge in [0.1, 0.15) is 17.4 Å². The summed E-state index contributed by atoms with van der Waals surface area (Å²) in [6.45, 7) is 3.82. The molecule has 3 heterocycles. The zero-order chi connectivity index (χ0) is 18.7. The fourth-order valence-corrected chi connectivity index (χ4v) is 3.82. The van der Waals surface area contributed by atoms with Gasteiger partial charge in [0.25, 0.3) is 0 Å². The minimum absolute atomic E-state index is 0.00363. The molecule has 136 valence electrons. The first-order valence-electron chi connectivity index (χ1n) is 8.69. The lowest BCUT2D eigenvalue weighted by atomic mass is 9.91. The zero-order valence-electron chi connectivity index (χ0n) is 14.8. The van der Waals surface area contributed by atoms with E-state index in [2.05, 4.69) is 0 Å². The molecular formula is C21H16O6. The third-order valence-electron chi connectivity index (χ3n) is 5.06. The van der Waals surface area contributed by atoms with Crippen LogP contribution in [0.15, 0.2) is 39.5 Å². The number of ketones is 1. The van der Waals surface area contributed by atoms with Crippen LogP contribution in [0.1, 0.15) is 39.6 Å². The van der Waals surface area contributed by atoms with E-state index in [0.717, 1.165) is 16.7 Å². The lowest BCUT2D eigenvalue weighted by molar-refractivity contribution is 0.0852. The topological polar surface area (TPSA) is 75.0 Å². The molecule has 0 N–H and O–H groups in total. The number of Topliss-reactive ketones (excluding diaryl/α,β-unsaturated/α-hetero) is 1. The molecular weight excluding hydrogens is 348 g/mol. The second-order valence-electron chi connectivity index (χ2n) is 6.87. The van der Waals surface area contributed by atoms with Crippen molar-refractivity contribution in [2.24, 2.45) is 0 Å². The van der Waals surface area contributed by atoms with Crippen molar-refractivity contribution in [2.45, 2.75) is 26.4 Å². The van der Waals surface area contributed by atoms with Gasteiger partial charge in [-0.05, 0) is 48.7 Å². The molecule has 0 fully saturated rings. The van der Waals surface area contributed by atoms with Gasteiger partial charge in [0.15, 0.2) is 17.3 Å². The van der Waals surface area contributed by atoms with Crippen LogP contribution in [-0.2, 0) is 0 Å². The number of fused-ring (bicyclic) bond motifs is 4. The van der Waals surface area contributed by atoms with Crippen LogP contribution in [-0.4, -0.2) is 12.6 Å². The Balaban J connectivity index is 1.68. The molecule has 1 aromatic heterocycles. The Labute approximate surface area is 154 Å². The van der Waals surface area contributed by atoms with Crippen LogP contribution >= 0.6 is 0 Å². The van der Waals surface area contributed by atoms with Gasteiger partial charge in [-0.2, -0.15) is 0 Å². The van der Waals surface area contributed by atoms with Gasteiger partial charge in [-0.1, -0.05) is 6.07 Å². The summed E-state index contributed by atoms with van der Waals surface area (Å²) in [5.41, 5.74) is 2.85. The summed E-state index contributed by atoms with van der Waals surface area (Å²) in [7, 11) is 0. The monoisotopic (exact) mass is 364 g/mol. The molecule has 27 heavy (non-hydrogen) atoms. The largest absolute Gasteiger partial charge is 0.484 e. The number of benzene rings is 2. The molecule has 0 radical (unpaired) electrons. The normalized spacial score (nSPS) is 17.7. The molecule has 0 saturated heterocycles. The molecule has 6 nitrogen and oxygen atoms in total. The lowest BCUT2D eigenvalue weighted by Crippen LogP contribution is -2.22. The number of carbonyl (C=O) groups excluding carboxylic acids is 1. The van der Waals surface area contributed by atoms with Crippen molar-refractivity contribution in [3.8, 4) is 17.2 Å². The maximum Gasteiger partial charge on any atom is 0.336 e. The van der Waals surface area contributed by atoms with E-state index in [1.807, 2.05) is 32.0 Å². The Morgan fingerprint density at radius 1 is 0.963 bits per heavy atom. The van der Waals surface area contributed by atoms with Crippen molar-refractivity contribution in [2.75, 3.05) is 6.79 Å². The van der Waals surface area contributed by atoms with Gasteiger partial charge in [0.05, 0.1) is 17.4 Å². The van der Waals surface area contributed by atoms with E-state index in [1.165, 1.54) is 6.07 Å². The van der Waals surface area contributed by atoms with E-state index < -0.39 is 11.7 Å². The molecule has 6 heteroatoms. The summed E-state index contributed by atoms with van der Waals surface area (Å²) in [5, 5.41) is 0.661. The summed E-state index contributed by atoms with van der Waals surface area (Å²) >= 11 is 0. The summed E-state index contributed by atoms with van der Waals surface area (Å²) < 4.78 is 22.4. The van der Waals surface area contributed by atoms with Crippen LogP contribution < -0.4 is 19.8 Å². The van der Waals surface area contributed by atoms with Crippen molar-refractivity contribution in [1.29, 1.82) is 0 Å². The maximum atomic E-state index is 12.9. The average Bonchev–Trinajstić information content (AvgIpc) is 3.08. The second-order valence-corrected chi connectivity index (χ2v) is 6.87. The van der Waals surface area contributed by atoms with Crippen LogP contribution in [0.5, 0.6) is 17.2 Å². The first kappa shape index (κ1) is 15.9. The highest BCUT2D eigenvalue weighted by atomic mass is 16.7. The summed E-state index contributed by atoms with van der Waals surface area (Å²) in [6.07, 6.45) is -0.217. The molecule has 0 amide bonds. The van der Waals surface area contributed by atoms with Crippen molar-refractivity contribution in [1.82, 2.24) is 0 Å². The Morgan fingerprint density at radius 2 is 1.78 bits per heavy atom. The first-order valence-corrected chi connectivity index (χ1v) is 8.69. The molecule has 0 bridgehead atoms. The molecule has 3 aromatic rings. The summed E-state index contributed by atoms with van der Waals surface area (Å²) in [5.74, 6) is 1.81. The van der Waals surface area contributed by atoms with Crippen molar-refractivity contribution >= 4 is 16.8 Å². The van der Waals surface area contributed by atoms with Gasteiger partial charge in [-0.25, -0.2) is 4.79 Å². The minimum atomic E-state index is -0.448. The van der Waals surface area contributed by atoms with Crippen LogP contribution in [0.2, 0.25) is 0 Å². The molecule has 5 rings (SSSR count). The highest BCUT2D eigenvalue weighted by Gasteiger charge is 2.32. The predicted molar refractivity (Wildman–Crippen MR) is 96.8 cm³/mol. The molecule has 0 spiro atoms. The minimum Gasteiger partial charge on any atom is -0.484 e. The quantitative estimate of drug-likeness (QED) is 0.611. The number of hydrogen-bond acceptors (Lipinski definition) is 6. The smallest absolute Gasteiger partial charge is 0.336 e. The van der Waals surface area contributed by atoms with Gasteiger partial charge in [-0.15, -0.1) is 0 Å². The number of hydrogen-bond donors (Lipinski definition) is 0. The fourth-order valence-electron chi connectivity index (χ4n) is 3.82. The number of carbonyl (C=O) groups is 1. The molecule has 1 atom stereocenters. The number of aryl methyl sites for hydroxylation is 2. The summed E-state index contributed by atoms with van der Waals surface area (Å²) in [4.78, 5) is 24.7. The highest BCUT2D eigenvalue weighted by molar-refractivity contribution is 6.07. The van der Waals surface area contributed by atoms with E-state index in [1.54, 1.807) is 6.07 Å². The Hall–Kier alpha value is -3.28. The Kier molecular flexibility index (Phi) is 3.31. The first-order chi connectivity index (χ1) is 13.0. The maximum absolute atomic E-state index is 12.9. The predicted octanol–water partition coefficient (Wildman–Crippen LogP) is 3.85. The van der Waals surface area contributed by atoms with Gasteiger partial charge in [0, 0.05) is 6.07 Å². The van der Waals surface area contributed by atoms with Crippen molar-refractivity contribution < 1.29 is 23.4 Å². The van der Waals surface area contributed by atoms with Crippen LogP contribution in [0.4, 0.5) is 0 Å².